The summed E-state index contributed by atoms with van der Waals surface area (Å²) in [6.45, 7) is 0.745. The number of aromatic nitrogens is 1. The van der Waals surface area contributed by atoms with Crippen LogP contribution in [0.5, 0.6) is 0 Å². The van der Waals surface area contributed by atoms with Crippen LogP contribution in [0.2, 0.25) is 0 Å². The molecule has 5 heteroatoms. The number of rotatable bonds is 6. The van der Waals surface area contributed by atoms with Gasteiger partial charge in [-0.05, 0) is 31.4 Å². The molecule has 1 saturated carbocycles. The average molecular weight is 234 g/mol. The van der Waals surface area contributed by atoms with Crippen LogP contribution in [0.15, 0.2) is 18.3 Å². The fraction of sp³-hybridized carbons (Fsp3) is 0.500. The molecule has 2 rings (SSSR count). The van der Waals surface area contributed by atoms with Crippen molar-refractivity contribution in [3.63, 3.8) is 0 Å². The lowest BCUT2D eigenvalue weighted by Gasteiger charge is -2.06. The molecule has 1 aliphatic carbocycles. The highest BCUT2D eigenvalue weighted by Crippen LogP contribution is 2.18. The molecule has 0 unspecified atom stereocenters. The largest absolute Gasteiger partial charge is 0.397 e. The van der Waals surface area contributed by atoms with Crippen LogP contribution in [0.4, 0.5) is 11.5 Å². The molecule has 1 fully saturated rings. The molecule has 92 valence electrons. The van der Waals surface area contributed by atoms with Gasteiger partial charge < -0.3 is 16.4 Å². The number of nitrogens with two attached hydrogens (primary N) is 1. The molecule has 0 aliphatic heterocycles. The third kappa shape index (κ3) is 4.30. The molecular weight excluding hydrogens is 216 g/mol. The second kappa shape index (κ2) is 5.52. The highest BCUT2D eigenvalue weighted by atomic mass is 16.1. The molecule has 1 aromatic rings. The maximum Gasteiger partial charge on any atom is 0.220 e. The van der Waals surface area contributed by atoms with Crippen molar-refractivity contribution in [3.05, 3.63) is 18.3 Å². The Morgan fingerprint density at radius 1 is 1.47 bits per heavy atom. The van der Waals surface area contributed by atoms with Crippen LogP contribution in [-0.2, 0) is 4.79 Å². The minimum atomic E-state index is 0.152. The van der Waals surface area contributed by atoms with Crippen LogP contribution >= 0.6 is 0 Å². The van der Waals surface area contributed by atoms with Crippen molar-refractivity contribution in [1.82, 2.24) is 10.3 Å². The quantitative estimate of drug-likeness (QED) is 0.645. The second-order valence-corrected chi connectivity index (χ2v) is 4.35. The zero-order valence-corrected chi connectivity index (χ0v) is 9.78. The van der Waals surface area contributed by atoms with Gasteiger partial charge in [0.2, 0.25) is 5.91 Å². The third-order valence-electron chi connectivity index (χ3n) is 2.62. The first-order valence-corrected chi connectivity index (χ1v) is 5.99. The lowest BCUT2D eigenvalue weighted by atomic mass is 10.3. The summed E-state index contributed by atoms with van der Waals surface area (Å²) in [5.41, 5.74) is 6.18. The number of nitrogen functional groups attached to an aromatic ring is 1. The van der Waals surface area contributed by atoms with E-state index in [2.05, 4.69) is 15.6 Å². The maximum absolute atomic E-state index is 11.4. The van der Waals surface area contributed by atoms with Crippen LogP contribution < -0.4 is 16.4 Å². The van der Waals surface area contributed by atoms with Crippen LogP contribution in [0.3, 0.4) is 0 Å². The molecule has 0 atom stereocenters. The van der Waals surface area contributed by atoms with Gasteiger partial charge in [-0.15, -0.1) is 0 Å². The van der Waals surface area contributed by atoms with E-state index in [1.165, 1.54) is 0 Å². The van der Waals surface area contributed by atoms with Gasteiger partial charge in [0.05, 0.1) is 11.9 Å². The van der Waals surface area contributed by atoms with Crippen molar-refractivity contribution < 1.29 is 4.79 Å². The number of nitrogens with one attached hydrogen (secondary N) is 2. The van der Waals surface area contributed by atoms with Gasteiger partial charge in [-0.3, -0.25) is 4.79 Å². The van der Waals surface area contributed by atoms with Crippen LogP contribution in [0.1, 0.15) is 25.7 Å². The predicted molar refractivity (Wildman–Crippen MR) is 67.5 cm³/mol. The minimum absolute atomic E-state index is 0.152. The Morgan fingerprint density at radius 2 is 2.29 bits per heavy atom. The SMILES string of the molecule is Nc1ccc(NCCCC(=O)NC2CC2)nc1. The Morgan fingerprint density at radius 3 is 2.94 bits per heavy atom. The van der Waals surface area contributed by atoms with Crippen molar-refractivity contribution in [1.29, 1.82) is 0 Å². The predicted octanol–water partition coefficient (Wildman–Crippen LogP) is 1.13. The summed E-state index contributed by atoms with van der Waals surface area (Å²) >= 11 is 0. The topological polar surface area (TPSA) is 80.0 Å². The number of amides is 1. The fourth-order valence-electron chi connectivity index (χ4n) is 1.50. The molecule has 0 aromatic carbocycles. The smallest absolute Gasteiger partial charge is 0.220 e. The molecule has 1 aromatic heterocycles. The third-order valence-corrected chi connectivity index (χ3v) is 2.62. The van der Waals surface area contributed by atoms with E-state index >= 15 is 0 Å². The number of hydrogen-bond donors (Lipinski definition) is 3. The molecule has 0 spiro atoms. The van der Waals surface area contributed by atoms with Crippen molar-refractivity contribution >= 4 is 17.4 Å². The summed E-state index contributed by atoms with van der Waals surface area (Å²) in [6.07, 6.45) is 5.27. The number of carbonyl (C=O) groups excluding carboxylic acids is 1. The molecule has 5 nitrogen and oxygen atoms in total. The first-order chi connectivity index (χ1) is 8.24. The molecule has 4 N–H and O–H groups in total. The van der Waals surface area contributed by atoms with Crippen molar-refractivity contribution in [2.75, 3.05) is 17.6 Å². The minimum Gasteiger partial charge on any atom is -0.397 e. The molecule has 1 amide bonds. The van der Waals surface area contributed by atoms with Crippen molar-refractivity contribution in [2.24, 2.45) is 0 Å². The summed E-state index contributed by atoms with van der Waals surface area (Å²) in [6, 6.07) is 4.09. The number of carbonyl (C=O) groups is 1. The lowest BCUT2D eigenvalue weighted by molar-refractivity contribution is -0.121. The molecule has 0 radical (unpaired) electrons. The van der Waals surface area contributed by atoms with Crippen LogP contribution in [0, 0.1) is 0 Å². The Bertz CT molecular complexity index is 373. The molecule has 1 aliphatic rings. The summed E-state index contributed by atoms with van der Waals surface area (Å²) < 4.78 is 0. The maximum atomic E-state index is 11.4. The lowest BCUT2D eigenvalue weighted by Crippen LogP contribution is -2.25. The van der Waals surface area contributed by atoms with E-state index < -0.39 is 0 Å². The van der Waals surface area contributed by atoms with Gasteiger partial charge in [-0.25, -0.2) is 4.98 Å². The summed E-state index contributed by atoms with van der Waals surface area (Å²) in [5.74, 6) is 0.946. The summed E-state index contributed by atoms with van der Waals surface area (Å²) in [4.78, 5) is 15.5. The molecular formula is C12H18N4O. The van der Waals surface area contributed by atoms with Gasteiger partial charge in [-0.2, -0.15) is 0 Å². The molecule has 0 bridgehead atoms. The van der Waals surface area contributed by atoms with Gasteiger partial charge in [0, 0.05) is 19.0 Å². The highest BCUT2D eigenvalue weighted by Gasteiger charge is 2.22. The number of nitrogens with zero attached hydrogens (tertiary/aromatic N) is 1. The zero-order valence-electron chi connectivity index (χ0n) is 9.78. The Labute approximate surface area is 101 Å². The Kier molecular flexibility index (Phi) is 3.80. The standard InChI is InChI=1S/C12H18N4O/c13-9-3-6-11(15-8-9)14-7-1-2-12(17)16-10-4-5-10/h3,6,8,10H,1-2,4-5,7,13H2,(H,14,15)(H,16,17). The van der Waals surface area contributed by atoms with E-state index in [0.717, 1.165) is 31.6 Å². The summed E-state index contributed by atoms with van der Waals surface area (Å²) in [7, 11) is 0. The van der Waals surface area contributed by atoms with Crippen molar-refractivity contribution in [3.8, 4) is 0 Å². The Hall–Kier alpha value is -1.78. The molecule has 0 saturated heterocycles. The van der Waals surface area contributed by atoms with Crippen molar-refractivity contribution in [2.45, 2.75) is 31.7 Å². The zero-order chi connectivity index (χ0) is 12.1. The van der Waals surface area contributed by atoms with Crippen LogP contribution in [0.25, 0.3) is 0 Å². The number of anilines is 2. The number of hydrogen-bond acceptors (Lipinski definition) is 4. The fourth-order valence-corrected chi connectivity index (χ4v) is 1.50. The average Bonchev–Trinajstić information content (AvgIpc) is 3.11. The first kappa shape index (κ1) is 11.7. The summed E-state index contributed by atoms with van der Waals surface area (Å²) in [5, 5.41) is 6.11. The molecule has 1 heterocycles. The monoisotopic (exact) mass is 234 g/mol. The van der Waals surface area contributed by atoms with E-state index in [0.29, 0.717) is 18.2 Å². The highest BCUT2D eigenvalue weighted by molar-refractivity contribution is 5.76. The normalized spacial score (nSPS) is 14.4. The first-order valence-electron chi connectivity index (χ1n) is 5.99. The van der Waals surface area contributed by atoms with Crippen LogP contribution in [-0.4, -0.2) is 23.5 Å². The van der Waals surface area contributed by atoms with Gasteiger partial charge in [-0.1, -0.05) is 0 Å². The Balaban J connectivity index is 1.59. The van der Waals surface area contributed by atoms with Gasteiger partial charge in [0.1, 0.15) is 5.82 Å². The van der Waals surface area contributed by atoms with E-state index in [-0.39, 0.29) is 5.91 Å². The van der Waals surface area contributed by atoms with Gasteiger partial charge >= 0.3 is 0 Å². The van der Waals surface area contributed by atoms with Gasteiger partial charge in [0.15, 0.2) is 0 Å². The molecule has 17 heavy (non-hydrogen) atoms. The second-order valence-electron chi connectivity index (χ2n) is 4.35. The van der Waals surface area contributed by atoms with Gasteiger partial charge in [0.25, 0.3) is 0 Å². The van der Waals surface area contributed by atoms with E-state index in [1.54, 1.807) is 12.3 Å². The van der Waals surface area contributed by atoms with E-state index in [4.69, 9.17) is 5.73 Å². The van der Waals surface area contributed by atoms with E-state index in [9.17, 15) is 4.79 Å². The van der Waals surface area contributed by atoms with E-state index in [1.807, 2.05) is 6.07 Å². The number of pyridine rings is 1.